The van der Waals surface area contributed by atoms with Crippen molar-refractivity contribution in [2.75, 3.05) is 7.05 Å². The summed E-state index contributed by atoms with van der Waals surface area (Å²) < 4.78 is 0. The summed E-state index contributed by atoms with van der Waals surface area (Å²) in [5.41, 5.74) is 4.07. The molecular formula is C19H20N4S. The quantitative estimate of drug-likeness (QED) is 0.719. The van der Waals surface area contributed by atoms with E-state index in [4.69, 9.17) is 4.98 Å². The largest absolute Gasteiger partial charge is 0.294 e. The maximum atomic E-state index is 4.72. The SMILES string of the molecule is CN(Cc1csc(-c2ncccn2)n1)[C@@H]1CCCc2ccccc21. The molecule has 0 aliphatic heterocycles. The van der Waals surface area contributed by atoms with Crippen LogP contribution in [0.15, 0.2) is 48.1 Å². The van der Waals surface area contributed by atoms with Crippen molar-refractivity contribution < 1.29 is 0 Å². The summed E-state index contributed by atoms with van der Waals surface area (Å²) in [6.07, 6.45) is 7.19. The summed E-state index contributed by atoms with van der Waals surface area (Å²) in [6.45, 7) is 0.850. The molecule has 1 aromatic carbocycles. The van der Waals surface area contributed by atoms with Gasteiger partial charge in [0.15, 0.2) is 10.8 Å². The smallest absolute Gasteiger partial charge is 0.188 e. The Kier molecular flexibility index (Phi) is 4.36. The molecule has 2 heterocycles. The van der Waals surface area contributed by atoms with Crippen molar-refractivity contribution in [1.29, 1.82) is 0 Å². The normalized spacial score (nSPS) is 17.0. The third-order valence-corrected chi connectivity index (χ3v) is 5.48. The van der Waals surface area contributed by atoms with E-state index in [9.17, 15) is 0 Å². The molecule has 5 heteroatoms. The van der Waals surface area contributed by atoms with Gasteiger partial charge in [-0.2, -0.15) is 0 Å². The van der Waals surface area contributed by atoms with Gasteiger partial charge in [0.05, 0.1) is 5.69 Å². The zero-order chi connectivity index (χ0) is 16.4. The van der Waals surface area contributed by atoms with Crippen molar-refractivity contribution in [2.45, 2.75) is 31.8 Å². The van der Waals surface area contributed by atoms with Gasteiger partial charge in [0.1, 0.15) is 0 Å². The summed E-state index contributed by atoms with van der Waals surface area (Å²) in [7, 11) is 2.20. The minimum atomic E-state index is 0.480. The maximum absolute atomic E-state index is 4.72. The third-order valence-electron chi connectivity index (χ3n) is 4.59. The first kappa shape index (κ1) is 15.4. The lowest BCUT2D eigenvalue weighted by Crippen LogP contribution is -2.27. The lowest BCUT2D eigenvalue weighted by atomic mass is 9.87. The van der Waals surface area contributed by atoms with Gasteiger partial charge in [-0.3, -0.25) is 4.90 Å². The van der Waals surface area contributed by atoms with Gasteiger partial charge in [-0.05, 0) is 43.5 Å². The number of benzene rings is 1. The van der Waals surface area contributed by atoms with Crippen LogP contribution in [0.1, 0.15) is 35.7 Å². The molecule has 0 saturated heterocycles. The van der Waals surface area contributed by atoms with Gasteiger partial charge in [-0.15, -0.1) is 11.3 Å². The molecule has 2 aromatic heterocycles. The van der Waals surface area contributed by atoms with E-state index in [0.717, 1.165) is 17.2 Å². The predicted octanol–water partition coefficient (Wildman–Crippen LogP) is 4.11. The summed E-state index contributed by atoms with van der Waals surface area (Å²) in [5, 5.41) is 3.01. The number of thiazole rings is 1. The van der Waals surface area contributed by atoms with Crippen LogP contribution in [0.3, 0.4) is 0 Å². The van der Waals surface area contributed by atoms with Crippen LogP contribution in [-0.4, -0.2) is 26.9 Å². The van der Waals surface area contributed by atoms with Crippen LogP contribution < -0.4 is 0 Å². The van der Waals surface area contributed by atoms with Crippen molar-refractivity contribution in [3.8, 4) is 10.8 Å². The van der Waals surface area contributed by atoms with Crippen molar-refractivity contribution in [1.82, 2.24) is 19.9 Å². The highest BCUT2D eigenvalue weighted by Gasteiger charge is 2.24. The number of aromatic nitrogens is 3. The second-order valence-corrected chi connectivity index (χ2v) is 7.10. The van der Waals surface area contributed by atoms with Crippen LogP contribution in [0.4, 0.5) is 0 Å². The van der Waals surface area contributed by atoms with Gasteiger partial charge in [0, 0.05) is 30.4 Å². The van der Waals surface area contributed by atoms with Gasteiger partial charge in [0.25, 0.3) is 0 Å². The zero-order valence-corrected chi connectivity index (χ0v) is 14.5. The molecule has 0 radical (unpaired) electrons. The zero-order valence-electron chi connectivity index (χ0n) is 13.7. The Hall–Kier alpha value is -2.11. The number of fused-ring (bicyclic) bond motifs is 1. The van der Waals surface area contributed by atoms with Crippen LogP contribution in [0.25, 0.3) is 10.8 Å². The van der Waals surface area contributed by atoms with Crippen molar-refractivity contribution in [3.63, 3.8) is 0 Å². The van der Waals surface area contributed by atoms with Crippen LogP contribution in [0, 0.1) is 0 Å². The highest BCUT2D eigenvalue weighted by Crippen LogP contribution is 2.34. The molecule has 0 fully saturated rings. The van der Waals surface area contributed by atoms with E-state index in [0.29, 0.717) is 11.9 Å². The lowest BCUT2D eigenvalue weighted by molar-refractivity contribution is 0.211. The molecule has 0 spiro atoms. The fourth-order valence-electron chi connectivity index (χ4n) is 3.44. The average molecular weight is 336 g/mol. The lowest BCUT2D eigenvalue weighted by Gasteiger charge is -2.32. The van der Waals surface area contributed by atoms with E-state index in [1.165, 1.54) is 30.4 Å². The predicted molar refractivity (Wildman–Crippen MR) is 96.7 cm³/mol. The summed E-state index contributed by atoms with van der Waals surface area (Å²) >= 11 is 1.61. The van der Waals surface area contributed by atoms with Gasteiger partial charge in [0.2, 0.25) is 0 Å². The Bertz CT molecular complexity index is 815. The molecular weight excluding hydrogens is 316 g/mol. The fraction of sp³-hybridized carbons (Fsp3) is 0.316. The molecule has 1 aliphatic carbocycles. The maximum Gasteiger partial charge on any atom is 0.188 e. The van der Waals surface area contributed by atoms with Crippen molar-refractivity contribution in [3.05, 3.63) is 64.9 Å². The Morgan fingerprint density at radius 1 is 1.17 bits per heavy atom. The van der Waals surface area contributed by atoms with E-state index in [-0.39, 0.29) is 0 Å². The van der Waals surface area contributed by atoms with Crippen LogP contribution in [0.5, 0.6) is 0 Å². The number of rotatable bonds is 4. The molecule has 0 bridgehead atoms. The molecule has 1 aliphatic rings. The molecule has 0 unspecified atom stereocenters. The van der Waals surface area contributed by atoms with Crippen LogP contribution in [-0.2, 0) is 13.0 Å². The first-order valence-electron chi connectivity index (χ1n) is 8.31. The number of aryl methyl sites for hydroxylation is 1. The fourth-order valence-corrected chi connectivity index (χ4v) is 4.20. The Morgan fingerprint density at radius 2 is 2.00 bits per heavy atom. The highest BCUT2D eigenvalue weighted by atomic mass is 32.1. The Labute approximate surface area is 146 Å². The topological polar surface area (TPSA) is 41.9 Å². The van der Waals surface area contributed by atoms with Crippen molar-refractivity contribution >= 4 is 11.3 Å². The van der Waals surface area contributed by atoms with Gasteiger partial charge < -0.3 is 0 Å². The highest BCUT2D eigenvalue weighted by molar-refractivity contribution is 7.13. The molecule has 4 nitrogen and oxygen atoms in total. The number of hydrogen-bond donors (Lipinski definition) is 0. The summed E-state index contributed by atoms with van der Waals surface area (Å²) in [4.78, 5) is 15.7. The van der Waals surface area contributed by atoms with Crippen molar-refractivity contribution in [2.24, 2.45) is 0 Å². The van der Waals surface area contributed by atoms with E-state index in [1.807, 2.05) is 6.07 Å². The van der Waals surface area contributed by atoms with Gasteiger partial charge in [-0.25, -0.2) is 15.0 Å². The molecule has 1 atom stereocenters. The second kappa shape index (κ2) is 6.79. The monoisotopic (exact) mass is 336 g/mol. The minimum Gasteiger partial charge on any atom is -0.294 e. The average Bonchev–Trinajstić information content (AvgIpc) is 3.10. The first-order valence-corrected chi connectivity index (χ1v) is 9.19. The first-order chi connectivity index (χ1) is 11.8. The Morgan fingerprint density at radius 3 is 2.88 bits per heavy atom. The van der Waals surface area contributed by atoms with Crippen LogP contribution >= 0.6 is 11.3 Å². The molecule has 4 rings (SSSR count). The van der Waals surface area contributed by atoms with Crippen LogP contribution in [0.2, 0.25) is 0 Å². The second-order valence-electron chi connectivity index (χ2n) is 6.24. The molecule has 24 heavy (non-hydrogen) atoms. The Balaban J connectivity index is 1.51. The van der Waals surface area contributed by atoms with E-state index >= 15 is 0 Å². The number of nitrogens with zero attached hydrogens (tertiary/aromatic N) is 4. The molecule has 122 valence electrons. The summed E-state index contributed by atoms with van der Waals surface area (Å²) in [5.74, 6) is 0.708. The number of hydrogen-bond acceptors (Lipinski definition) is 5. The summed E-state index contributed by atoms with van der Waals surface area (Å²) in [6, 6.07) is 11.1. The molecule has 3 aromatic rings. The van der Waals surface area contributed by atoms with E-state index < -0.39 is 0 Å². The molecule has 0 amide bonds. The molecule has 0 saturated carbocycles. The van der Waals surface area contributed by atoms with E-state index in [2.05, 4.69) is 51.6 Å². The standard InChI is InChI=1S/C19H20N4S/c1-23(17-9-4-7-14-6-2-3-8-16(14)17)12-15-13-24-19(22-15)18-20-10-5-11-21-18/h2-3,5-6,8,10-11,13,17H,4,7,9,12H2,1H3/t17-/m1/s1. The minimum absolute atomic E-state index is 0.480. The van der Waals surface area contributed by atoms with Gasteiger partial charge in [-0.1, -0.05) is 24.3 Å². The third kappa shape index (κ3) is 3.09. The molecule has 0 N–H and O–H groups in total. The van der Waals surface area contributed by atoms with E-state index in [1.54, 1.807) is 23.7 Å². The van der Waals surface area contributed by atoms with Gasteiger partial charge >= 0.3 is 0 Å².